The molecule has 0 aromatic rings. The van der Waals surface area contributed by atoms with Gasteiger partial charge in [-0.3, -0.25) is 4.79 Å². The van der Waals surface area contributed by atoms with E-state index in [1.807, 2.05) is 11.8 Å². The number of ether oxygens (including phenoxy) is 1. The molecule has 0 spiro atoms. The Hall–Kier alpha value is -0.610. The molecule has 3 unspecified atom stereocenters. The van der Waals surface area contributed by atoms with Gasteiger partial charge in [0.15, 0.2) is 0 Å². The molecule has 2 aliphatic rings. The maximum atomic E-state index is 12.4. The number of nitrogens with zero attached hydrogens (tertiary/aromatic N) is 1. The largest absolute Gasteiger partial charge is 0.377 e. The first-order valence-corrected chi connectivity index (χ1v) is 6.83. The van der Waals surface area contributed by atoms with Crippen molar-refractivity contribution >= 4 is 5.91 Å². The van der Waals surface area contributed by atoms with E-state index in [4.69, 9.17) is 4.74 Å². The number of rotatable bonds is 1. The van der Waals surface area contributed by atoms with Crippen LogP contribution < -0.4 is 5.32 Å². The smallest absolute Gasteiger partial charge is 0.239 e. The summed E-state index contributed by atoms with van der Waals surface area (Å²) in [7, 11) is 0. The highest BCUT2D eigenvalue weighted by Crippen LogP contribution is 2.16. The van der Waals surface area contributed by atoms with Crippen LogP contribution in [0.3, 0.4) is 0 Å². The summed E-state index contributed by atoms with van der Waals surface area (Å²) in [5, 5.41) is 3.42. The predicted molar refractivity (Wildman–Crippen MR) is 66.8 cm³/mol. The summed E-state index contributed by atoms with van der Waals surface area (Å²) in [5.74, 6) is 0.272. The average Bonchev–Trinajstić information content (AvgIpc) is 2.53. The van der Waals surface area contributed by atoms with E-state index in [1.54, 1.807) is 0 Å². The number of hydrogen-bond donors (Lipinski definition) is 1. The highest BCUT2D eigenvalue weighted by molar-refractivity contribution is 5.82. The molecule has 4 nitrogen and oxygen atoms in total. The Bertz CT molecular complexity index is 270. The van der Waals surface area contributed by atoms with Crippen LogP contribution in [0.1, 0.15) is 39.5 Å². The lowest BCUT2D eigenvalue weighted by atomic mass is 9.98. The molecule has 0 aromatic heterocycles. The summed E-state index contributed by atoms with van der Waals surface area (Å²) in [6.45, 7) is 6.57. The molecule has 0 radical (unpaired) electrons. The number of carbonyl (C=O) groups excluding carboxylic acids is 1. The van der Waals surface area contributed by atoms with Gasteiger partial charge in [0.1, 0.15) is 0 Å². The van der Waals surface area contributed by atoms with Gasteiger partial charge < -0.3 is 15.0 Å². The van der Waals surface area contributed by atoms with E-state index in [0.717, 1.165) is 39.0 Å². The maximum absolute atomic E-state index is 12.4. The SMILES string of the molecule is CC1CCCC(C(=O)N2CCCOC(C)C2)N1. The molecule has 3 atom stereocenters. The van der Waals surface area contributed by atoms with Crippen LogP contribution in [0.25, 0.3) is 0 Å². The molecule has 0 saturated carbocycles. The number of amides is 1. The molecule has 0 bridgehead atoms. The van der Waals surface area contributed by atoms with Crippen LogP contribution in [0.4, 0.5) is 0 Å². The van der Waals surface area contributed by atoms with Gasteiger partial charge in [-0.05, 0) is 39.5 Å². The van der Waals surface area contributed by atoms with Crippen molar-refractivity contribution in [2.75, 3.05) is 19.7 Å². The zero-order valence-electron chi connectivity index (χ0n) is 10.9. The number of hydrogen-bond acceptors (Lipinski definition) is 3. The van der Waals surface area contributed by atoms with Gasteiger partial charge in [-0.15, -0.1) is 0 Å². The second-order valence-corrected chi connectivity index (χ2v) is 5.37. The van der Waals surface area contributed by atoms with Gasteiger partial charge >= 0.3 is 0 Å². The third kappa shape index (κ3) is 3.42. The van der Waals surface area contributed by atoms with Crippen LogP contribution in [-0.2, 0) is 9.53 Å². The molecule has 4 heteroatoms. The lowest BCUT2D eigenvalue weighted by Crippen LogP contribution is -2.52. The minimum absolute atomic E-state index is 0.0315. The van der Waals surface area contributed by atoms with Gasteiger partial charge in [-0.2, -0.15) is 0 Å². The van der Waals surface area contributed by atoms with E-state index in [1.165, 1.54) is 6.42 Å². The molecular formula is C13H24N2O2. The van der Waals surface area contributed by atoms with Gasteiger partial charge in [0.2, 0.25) is 5.91 Å². The van der Waals surface area contributed by atoms with E-state index in [-0.39, 0.29) is 18.1 Å². The molecular weight excluding hydrogens is 216 g/mol. The predicted octanol–water partition coefficient (Wildman–Crippen LogP) is 1.15. The molecule has 98 valence electrons. The van der Waals surface area contributed by atoms with Crippen LogP contribution in [0.2, 0.25) is 0 Å². The van der Waals surface area contributed by atoms with Crippen molar-refractivity contribution < 1.29 is 9.53 Å². The van der Waals surface area contributed by atoms with Crippen LogP contribution in [0.15, 0.2) is 0 Å². The third-order valence-corrected chi connectivity index (χ3v) is 3.68. The minimum atomic E-state index is 0.0315. The van der Waals surface area contributed by atoms with E-state index in [0.29, 0.717) is 6.04 Å². The van der Waals surface area contributed by atoms with Crippen molar-refractivity contribution in [3.63, 3.8) is 0 Å². The summed E-state index contributed by atoms with van der Waals surface area (Å²) in [6.07, 6.45) is 4.45. The highest BCUT2D eigenvalue weighted by Gasteiger charge is 2.29. The van der Waals surface area contributed by atoms with Crippen LogP contribution in [-0.4, -0.2) is 48.7 Å². The molecule has 1 amide bonds. The number of carbonyl (C=O) groups is 1. The fourth-order valence-corrected chi connectivity index (χ4v) is 2.75. The van der Waals surface area contributed by atoms with E-state index < -0.39 is 0 Å². The average molecular weight is 240 g/mol. The maximum Gasteiger partial charge on any atom is 0.239 e. The molecule has 2 fully saturated rings. The molecule has 2 saturated heterocycles. The summed E-state index contributed by atoms with van der Waals surface area (Å²) in [5.41, 5.74) is 0. The van der Waals surface area contributed by atoms with E-state index in [2.05, 4.69) is 12.2 Å². The number of nitrogens with one attached hydrogen (secondary N) is 1. The van der Waals surface area contributed by atoms with E-state index in [9.17, 15) is 4.79 Å². The topological polar surface area (TPSA) is 41.6 Å². The van der Waals surface area contributed by atoms with Gasteiger partial charge in [0.05, 0.1) is 12.1 Å². The standard InChI is InChI=1S/C13H24N2O2/c1-10-5-3-6-12(14-10)13(16)15-7-4-8-17-11(2)9-15/h10-12,14H,3-9H2,1-2H3. The Morgan fingerprint density at radius 3 is 2.88 bits per heavy atom. The Balaban J connectivity index is 1.93. The summed E-state index contributed by atoms with van der Waals surface area (Å²) >= 11 is 0. The Labute approximate surface area is 104 Å². The third-order valence-electron chi connectivity index (χ3n) is 3.68. The Kier molecular flexibility index (Phi) is 4.40. The van der Waals surface area contributed by atoms with Gasteiger partial charge in [-0.1, -0.05) is 0 Å². The Morgan fingerprint density at radius 1 is 1.29 bits per heavy atom. The first-order valence-electron chi connectivity index (χ1n) is 6.83. The first kappa shape index (κ1) is 12.8. The van der Waals surface area contributed by atoms with Crippen molar-refractivity contribution in [1.82, 2.24) is 10.2 Å². The van der Waals surface area contributed by atoms with Crippen LogP contribution in [0, 0.1) is 0 Å². The second kappa shape index (κ2) is 5.83. The summed E-state index contributed by atoms with van der Waals surface area (Å²) < 4.78 is 5.58. The lowest BCUT2D eigenvalue weighted by molar-refractivity contribution is -0.135. The van der Waals surface area contributed by atoms with Gasteiger partial charge in [0.25, 0.3) is 0 Å². The number of piperidine rings is 1. The van der Waals surface area contributed by atoms with Crippen LogP contribution in [0.5, 0.6) is 0 Å². The van der Waals surface area contributed by atoms with Crippen molar-refractivity contribution in [3.8, 4) is 0 Å². The van der Waals surface area contributed by atoms with Crippen molar-refractivity contribution in [2.24, 2.45) is 0 Å². The highest BCUT2D eigenvalue weighted by atomic mass is 16.5. The summed E-state index contributed by atoms with van der Waals surface area (Å²) in [4.78, 5) is 14.4. The summed E-state index contributed by atoms with van der Waals surface area (Å²) in [6, 6.07) is 0.502. The van der Waals surface area contributed by atoms with Gasteiger partial charge in [-0.25, -0.2) is 0 Å². The fourth-order valence-electron chi connectivity index (χ4n) is 2.75. The zero-order valence-corrected chi connectivity index (χ0v) is 10.9. The van der Waals surface area contributed by atoms with Crippen molar-refractivity contribution in [3.05, 3.63) is 0 Å². The Morgan fingerprint density at radius 2 is 2.12 bits per heavy atom. The molecule has 2 aliphatic heterocycles. The normalized spacial score (nSPS) is 35.4. The molecule has 1 N–H and O–H groups in total. The molecule has 17 heavy (non-hydrogen) atoms. The van der Waals surface area contributed by atoms with Crippen molar-refractivity contribution in [1.29, 1.82) is 0 Å². The second-order valence-electron chi connectivity index (χ2n) is 5.37. The molecule has 2 heterocycles. The molecule has 0 aliphatic carbocycles. The van der Waals surface area contributed by atoms with Crippen LogP contribution >= 0.6 is 0 Å². The van der Waals surface area contributed by atoms with Crippen molar-refractivity contribution in [2.45, 2.75) is 57.7 Å². The molecule has 2 rings (SSSR count). The first-order chi connectivity index (χ1) is 8.16. The van der Waals surface area contributed by atoms with Gasteiger partial charge in [0, 0.05) is 25.7 Å². The quantitative estimate of drug-likeness (QED) is 0.747. The zero-order chi connectivity index (χ0) is 12.3. The monoisotopic (exact) mass is 240 g/mol. The minimum Gasteiger partial charge on any atom is -0.377 e. The fraction of sp³-hybridized carbons (Fsp3) is 0.923. The molecule has 0 aromatic carbocycles. The lowest BCUT2D eigenvalue weighted by Gasteiger charge is -2.32. The van der Waals surface area contributed by atoms with E-state index >= 15 is 0 Å².